The molecular weight excluding hydrogens is 384 g/mol. The summed E-state index contributed by atoms with van der Waals surface area (Å²) >= 11 is 0. The highest BCUT2D eigenvalue weighted by Crippen LogP contribution is 2.29. The molecule has 32 heavy (non-hydrogen) atoms. The van der Waals surface area contributed by atoms with E-state index in [1.54, 1.807) is 5.57 Å². The Kier molecular flexibility index (Phi) is 25.8. The molecule has 0 nitrogen and oxygen atoms in total. The zero-order valence-electron chi connectivity index (χ0n) is 22.8. The molecule has 0 aromatic rings. The van der Waals surface area contributed by atoms with Crippen LogP contribution in [0.25, 0.3) is 0 Å². The lowest BCUT2D eigenvalue weighted by Gasteiger charge is -2.21. The quantitative estimate of drug-likeness (QED) is 0.102. The van der Waals surface area contributed by atoms with Gasteiger partial charge >= 0.3 is 0 Å². The van der Waals surface area contributed by atoms with Crippen molar-refractivity contribution < 1.29 is 0 Å². The van der Waals surface area contributed by atoms with Gasteiger partial charge in [-0.05, 0) is 64.2 Å². The van der Waals surface area contributed by atoms with Gasteiger partial charge in [0.2, 0.25) is 0 Å². The molecule has 0 heterocycles. The second kappa shape index (κ2) is 26.5. The van der Waals surface area contributed by atoms with Crippen molar-refractivity contribution in [2.24, 2.45) is 5.92 Å². The van der Waals surface area contributed by atoms with Crippen molar-refractivity contribution in [1.82, 2.24) is 0 Å². The van der Waals surface area contributed by atoms with Crippen LogP contribution in [0.5, 0.6) is 0 Å². The van der Waals surface area contributed by atoms with Gasteiger partial charge in [-0.2, -0.15) is 0 Å². The summed E-state index contributed by atoms with van der Waals surface area (Å²) in [6, 6.07) is 0. The van der Waals surface area contributed by atoms with E-state index in [4.69, 9.17) is 0 Å². The molecule has 1 unspecified atom stereocenters. The van der Waals surface area contributed by atoms with E-state index in [0.717, 1.165) is 12.3 Å². The fraction of sp³-hybridized carbons (Fsp3) is 0.812. The standard InChI is InChI=1S/C32H60/c1-5-9-13-16-19-22-26-30-32(29-25-21-18-15-11-7-3)31(27-23-12-8-4)28-24-20-17-14-10-6-2/h8,12,19,22,27,32H,5-7,9-11,13-18,20-21,23-26,28-30H2,1-4H3/b12-8+,22-19+,31-27-. The van der Waals surface area contributed by atoms with Crippen LogP contribution < -0.4 is 0 Å². The molecule has 188 valence electrons. The van der Waals surface area contributed by atoms with Crippen LogP contribution >= 0.6 is 0 Å². The van der Waals surface area contributed by atoms with E-state index in [9.17, 15) is 0 Å². The van der Waals surface area contributed by atoms with Crippen molar-refractivity contribution in [3.8, 4) is 0 Å². The van der Waals surface area contributed by atoms with Gasteiger partial charge in [0.15, 0.2) is 0 Å². The number of rotatable bonds is 24. The van der Waals surface area contributed by atoms with Crippen molar-refractivity contribution in [1.29, 1.82) is 0 Å². The van der Waals surface area contributed by atoms with Crippen LogP contribution in [0, 0.1) is 5.92 Å². The van der Waals surface area contributed by atoms with Gasteiger partial charge in [0.1, 0.15) is 0 Å². The summed E-state index contributed by atoms with van der Waals surface area (Å²) in [6.45, 7) is 9.07. The Morgan fingerprint density at radius 3 is 1.78 bits per heavy atom. The highest BCUT2D eigenvalue weighted by atomic mass is 14.2. The van der Waals surface area contributed by atoms with Crippen molar-refractivity contribution >= 4 is 0 Å². The van der Waals surface area contributed by atoms with Gasteiger partial charge in [-0.3, -0.25) is 0 Å². The maximum absolute atomic E-state index is 2.60. The van der Waals surface area contributed by atoms with Gasteiger partial charge in [-0.15, -0.1) is 0 Å². The highest BCUT2D eigenvalue weighted by Gasteiger charge is 2.13. The highest BCUT2D eigenvalue weighted by molar-refractivity contribution is 5.10. The van der Waals surface area contributed by atoms with Gasteiger partial charge < -0.3 is 0 Å². The van der Waals surface area contributed by atoms with E-state index < -0.39 is 0 Å². The Labute approximate surface area is 204 Å². The van der Waals surface area contributed by atoms with E-state index in [1.807, 2.05) is 0 Å². The minimum Gasteiger partial charge on any atom is -0.0914 e. The molecule has 0 radical (unpaired) electrons. The number of hydrogen-bond acceptors (Lipinski definition) is 0. The van der Waals surface area contributed by atoms with Crippen molar-refractivity contribution in [2.45, 2.75) is 163 Å². The van der Waals surface area contributed by atoms with Crippen LogP contribution in [0.3, 0.4) is 0 Å². The first kappa shape index (κ1) is 31.2. The summed E-state index contributed by atoms with van der Waals surface area (Å²) in [6.07, 6.45) is 40.8. The molecule has 0 saturated heterocycles. The second-order valence-corrected chi connectivity index (χ2v) is 9.90. The first-order chi connectivity index (χ1) is 15.8. The van der Waals surface area contributed by atoms with Crippen molar-refractivity contribution in [2.75, 3.05) is 0 Å². The molecule has 0 aliphatic heterocycles. The minimum absolute atomic E-state index is 0.808. The van der Waals surface area contributed by atoms with Crippen molar-refractivity contribution in [3.63, 3.8) is 0 Å². The zero-order valence-corrected chi connectivity index (χ0v) is 22.8. The summed E-state index contributed by atoms with van der Waals surface area (Å²) < 4.78 is 0. The molecule has 0 rings (SSSR count). The van der Waals surface area contributed by atoms with Gasteiger partial charge in [0.05, 0.1) is 0 Å². The third-order valence-corrected chi connectivity index (χ3v) is 6.82. The topological polar surface area (TPSA) is 0 Å². The van der Waals surface area contributed by atoms with Crippen LogP contribution in [0.15, 0.2) is 36.0 Å². The second-order valence-electron chi connectivity index (χ2n) is 9.90. The number of unbranched alkanes of at least 4 members (excludes halogenated alkanes) is 13. The SMILES string of the molecule is C/C=C/C/C=C(/CCCCCCCC)C(CC/C=C/CCCCC)CCCCCCCC. The van der Waals surface area contributed by atoms with Crippen molar-refractivity contribution in [3.05, 3.63) is 36.0 Å². The number of allylic oxidation sites excluding steroid dienone is 6. The predicted molar refractivity (Wildman–Crippen MR) is 150 cm³/mol. The molecule has 0 bridgehead atoms. The Morgan fingerprint density at radius 2 is 1.12 bits per heavy atom. The maximum atomic E-state index is 2.60. The van der Waals surface area contributed by atoms with Crippen LogP contribution in [-0.2, 0) is 0 Å². The van der Waals surface area contributed by atoms with Crippen LogP contribution in [0.4, 0.5) is 0 Å². The van der Waals surface area contributed by atoms with E-state index in [1.165, 1.54) is 128 Å². The molecule has 0 spiro atoms. The molecule has 0 aromatic heterocycles. The van der Waals surface area contributed by atoms with E-state index in [0.29, 0.717) is 0 Å². The molecule has 0 N–H and O–H groups in total. The van der Waals surface area contributed by atoms with Crippen LogP contribution in [0.1, 0.15) is 163 Å². The Bertz CT molecular complexity index is 439. The first-order valence-electron chi connectivity index (χ1n) is 14.7. The largest absolute Gasteiger partial charge is 0.0914 e. The molecule has 0 aliphatic carbocycles. The predicted octanol–water partition coefficient (Wildman–Crippen LogP) is 11.9. The molecular formula is C32H60. The van der Waals surface area contributed by atoms with E-state index in [2.05, 4.69) is 58.1 Å². The molecule has 1 atom stereocenters. The summed E-state index contributed by atoms with van der Waals surface area (Å²) in [5, 5.41) is 0. The van der Waals surface area contributed by atoms with E-state index >= 15 is 0 Å². The summed E-state index contributed by atoms with van der Waals surface area (Å²) in [4.78, 5) is 0. The lowest BCUT2D eigenvalue weighted by Crippen LogP contribution is -2.06. The summed E-state index contributed by atoms with van der Waals surface area (Å²) in [5.74, 6) is 0.808. The van der Waals surface area contributed by atoms with Crippen LogP contribution in [-0.4, -0.2) is 0 Å². The zero-order chi connectivity index (χ0) is 23.5. The average molecular weight is 445 g/mol. The third-order valence-electron chi connectivity index (χ3n) is 6.82. The summed E-state index contributed by atoms with van der Waals surface area (Å²) in [7, 11) is 0. The fourth-order valence-electron chi connectivity index (χ4n) is 4.67. The normalized spacial score (nSPS) is 13.6. The first-order valence-corrected chi connectivity index (χ1v) is 14.7. The van der Waals surface area contributed by atoms with Gasteiger partial charge in [-0.25, -0.2) is 0 Å². The molecule has 0 aliphatic rings. The average Bonchev–Trinajstić information content (AvgIpc) is 2.80. The third kappa shape index (κ3) is 21.1. The van der Waals surface area contributed by atoms with E-state index in [-0.39, 0.29) is 0 Å². The maximum Gasteiger partial charge on any atom is -0.0166 e. The number of hydrogen-bond donors (Lipinski definition) is 0. The van der Waals surface area contributed by atoms with Gasteiger partial charge in [0, 0.05) is 0 Å². The van der Waals surface area contributed by atoms with Gasteiger partial charge in [-0.1, -0.05) is 140 Å². The smallest absolute Gasteiger partial charge is 0.0166 e. The Balaban J connectivity index is 4.77. The lowest BCUT2D eigenvalue weighted by atomic mass is 9.85. The Hall–Kier alpha value is -0.780. The molecule has 0 saturated carbocycles. The monoisotopic (exact) mass is 444 g/mol. The molecule has 0 amide bonds. The molecule has 0 fully saturated rings. The molecule has 0 aromatic carbocycles. The fourth-order valence-corrected chi connectivity index (χ4v) is 4.67. The minimum atomic E-state index is 0.808. The van der Waals surface area contributed by atoms with Crippen LogP contribution in [0.2, 0.25) is 0 Å². The Morgan fingerprint density at radius 1 is 0.562 bits per heavy atom. The van der Waals surface area contributed by atoms with Gasteiger partial charge in [0.25, 0.3) is 0 Å². The molecule has 0 heteroatoms. The lowest BCUT2D eigenvalue weighted by molar-refractivity contribution is 0.459. The summed E-state index contributed by atoms with van der Waals surface area (Å²) in [5.41, 5.74) is 1.78.